The van der Waals surface area contributed by atoms with Gasteiger partial charge in [-0.3, -0.25) is 0 Å². The van der Waals surface area contributed by atoms with Crippen LogP contribution in [0.5, 0.6) is 0 Å². The van der Waals surface area contributed by atoms with E-state index in [1.54, 1.807) is 0 Å². The van der Waals surface area contributed by atoms with Gasteiger partial charge in [0.2, 0.25) is 0 Å². The SMILES string of the molecule is OC[C@H]1O[C@@H]2O[C@H]3[C@H](O)[C@@H](O)[C@@H](O[C@H]4[C@H](O)[C@@H](O)[C@@H](O[C@H]5[C@H](O)[C@@H](O)[C@@H](O[C@H]6[C@H](O)[C@@H](O)[C@@H](O[C@H]7[C@H](O)[C@@H](O)[C@@H](O[C@H]1[C@H](O)[C@H]2O)O[C@@H]7CO)O[C@@H]6CO)O[C@@H]5Cn1ccnc1)O[C@@H]4CO)O[C@@H]3CO. The Balaban J connectivity index is 1.11. The van der Waals surface area contributed by atoms with Gasteiger partial charge in [-0.15, -0.1) is 0 Å². The van der Waals surface area contributed by atoms with Crippen molar-refractivity contribution in [3.05, 3.63) is 18.7 Å². The average Bonchev–Trinajstić information content (AvgIpc) is 3.87. The van der Waals surface area contributed by atoms with Gasteiger partial charge < -0.3 is 148 Å². The van der Waals surface area contributed by atoms with Crippen molar-refractivity contribution in [3.63, 3.8) is 0 Å². The molecule has 22 aliphatic heterocycles. The molecule has 0 amide bonds. The van der Waals surface area contributed by atoms with Crippen molar-refractivity contribution >= 4 is 0 Å². The van der Waals surface area contributed by atoms with Crippen LogP contribution < -0.4 is 0 Å². The number of imidazole rings is 1. The maximum Gasteiger partial charge on any atom is 0.187 e. The molecule has 0 unspecified atom stereocenters. The summed E-state index contributed by atoms with van der Waals surface area (Å²) in [5.74, 6) is 0. The van der Waals surface area contributed by atoms with Crippen LogP contribution >= 0.6 is 0 Å². The maximum atomic E-state index is 11.6. The Morgan fingerprint density at radius 1 is 0.300 bits per heavy atom. The molecule has 17 N–H and O–H groups in total. The number of aliphatic hydroxyl groups excluding tert-OH is 17. The fourth-order valence-corrected chi connectivity index (χ4v) is 9.53. The lowest BCUT2D eigenvalue weighted by atomic mass is 9.94. The van der Waals surface area contributed by atoms with Crippen molar-refractivity contribution in [2.24, 2.45) is 0 Å². The first kappa shape index (κ1) is 54.3. The number of aliphatic hydroxyl groups is 17. The van der Waals surface area contributed by atoms with Crippen LogP contribution in [0.25, 0.3) is 0 Å². The zero-order valence-electron chi connectivity index (χ0n) is 36.7. The highest BCUT2D eigenvalue weighted by molar-refractivity contribution is 5.01. The predicted octanol–water partition coefficient (Wildman–Crippen LogP) is -12.2. The Morgan fingerprint density at radius 2 is 0.514 bits per heavy atom. The molecule has 0 spiro atoms. The third kappa shape index (κ3) is 10.5. The summed E-state index contributed by atoms with van der Waals surface area (Å²) >= 11 is 0. The summed E-state index contributed by atoms with van der Waals surface area (Å²) in [5.41, 5.74) is 0. The maximum absolute atomic E-state index is 11.6. The zero-order chi connectivity index (χ0) is 50.5. The van der Waals surface area contributed by atoms with Crippen LogP contribution in [0.15, 0.2) is 18.7 Å². The third-order valence-corrected chi connectivity index (χ3v) is 13.4. The molecular formula is C39H62N2O29. The minimum absolute atomic E-state index is 0.235. The van der Waals surface area contributed by atoms with Gasteiger partial charge in [-0.05, 0) is 0 Å². The van der Waals surface area contributed by atoms with E-state index in [2.05, 4.69) is 4.98 Å². The molecule has 402 valence electrons. The Bertz CT molecular complexity index is 1770. The summed E-state index contributed by atoms with van der Waals surface area (Å²) in [7, 11) is 0. The third-order valence-electron chi connectivity index (χ3n) is 13.4. The topological polar surface area (TPSA) is 472 Å². The predicted molar refractivity (Wildman–Crippen MR) is 211 cm³/mol. The normalized spacial score (nSPS) is 52.9. The number of ether oxygens (including phenoxy) is 12. The molecule has 0 saturated carbocycles. The van der Waals surface area contributed by atoms with Gasteiger partial charge in [-0.2, -0.15) is 0 Å². The summed E-state index contributed by atoms with van der Waals surface area (Å²) in [6.45, 7) is -5.16. The van der Waals surface area contributed by atoms with E-state index < -0.39 is 217 Å². The van der Waals surface area contributed by atoms with Crippen LogP contribution in [-0.2, 0) is 63.4 Å². The van der Waals surface area contributed by atoms with Crippen molar-refractivity contribution in [1.29, 1.82) is 0 Å². The second kappa shape index (κ2) is 22.9. The summed E-state index contributed by atoms with van der Waals surface area (Å²) in [5, 5.41) is 188. The van der Waals surface area contributed by atoms with Crippen LogP contribution in [0.1, 0.15) is 0 Å². The van der Waals surface area contributed by atoms with Crippen molar-refractivity contribution in [3.8, 4) is 0 Å². The zero-order valence-corrected chi connectivity index (χ0v) is 36.7. The fraction of sp³-hybridized carbons (Fsp3) is 0.923. The van der Waals surface area contributed by atoms with Gasteiger partial charge in [-0.1, -0.05) is 0 Å². The Labute approximate surface area is 395 Å². The highest BCUT2D eigenvalue weighted by Crippen LogP contribution is 2.38. The molecule has 12 bridgehead atoms. The van der Waals surface area contributed by atoms with Gasteiger partial charge in [0.05, 0.1) is 45.9 Å². The van der Waals surface area contributed by atoms with E-state index in [0.717, 1.165) is 0 Å². The summed E-state index contributed by atoms with van der Waals surface area (Å²) in [4.78, 5) is 3.96. The standard InChI is InChI=1S/C39H62N2O29/c42-4-11-29-18(49)24(55)36(61-11)68-31-13(6-44)63-38(26(57)20(31)51)70-33-15(8-46)64-39(27(58)21(33)52)69-32-14(7-45)62-37(25(56)19(32)50)67-30-12(5-43)60-35(23(54)17(30)48)65-28-10(3-41-2-1-40-9-41)59-34(66-29)22(53)16(28)47/h1-2,9-39,42-58H,3-8H2/t10-,11-,12-,13-,14-,15-,16-,17-,18-,19-,20-,21-,22-,23-,24-,25-,26-,27-,28-,29-,30-,31-,32-,33-,34-,35-,36-,37-,38-,39-/m1/s1. The van der Waals surface area contributed by atoms with Gasteiger partial charge in [0.1, 0.15) is 146 Å². The molecule has 0 radical (unpaired) electrons. The first-order valence-corrected chi connectivity index (χ1v) is 22.5. The molecular weight excluding hydrogens is 960 g/mol. The van der Waals surface area contributed by atoms with Gasteiger partial charge >= 0.3 is 0 Å². The number of aromatic nitrogens is 2. The van der Waals surface area contributed by atoms with Crippen LogP contribution in [0, 0.1) is 0 Å². The van der Waals surface area contributed by atoms with Crippen molar-refractivity contribution in [1.82, 2.24) is 9.55 Å². The van der Waals surface area contributed by atoms with Crippen LogP contribution in [-0.4, -0.2) is 314 Å². The lowest BCUT2D eigenvalue weighted by Crippen LogP contribution is -2.69. The van der Waals surface area contributed by atoms with E-state index >= 15 is 0 Å². The Hall–Kier alpha value is -1.95. The van der Waals surface area contributed by atoms with E-state index in [0.29, 0.717) is 0 Å². The molecule has 70 heavy (non-hydrogen) atoms. The molecule has 1 aromatic heterocycles. The first-order chi connectivity index (χ1) is 33.4. The van der Waals surface area contributed by atoms with E-state index in [1.807, 2.05) is 0 Å². The van der Waals surface area contributed by atoms with Crippen molar-refractivity contribution < 1.29 is 144 Å². The van der Waals surface area contributed by atoms with E-state index in [4.69, 9.17) is 56.8 Å². The molecule has 22 fully saturated rings. The number of hydrogen-bond acceptors (Lipinski definition) is 30. The average molecular weight is 1020 g/mol. The van der Waals surface area contributed by atoms with Crippen LogP contribution in [0.4, 0.5) is 0 Å². The molecule has 0 aliphatic carbocycles. The van der Waals surface area contributed by atoms with Gasteiger partial charge in [0.25, 0.3) is 0 Å². The van der Waals surface area contributed by atoms with E-state index in [1.165, 1.54) is 23.3 Å². The molecule has 23 rings (SSSR count). The molecule has 23 heterocycles. The molecule has 31 heteroatoms. The molecule has 0 aromatic carbocycles. The smallest absolute Gasteiger partial charge is 0.187 e. The summed E-state index contributed by atoms with van der Waals surface area (Å²) in [6.07, 6.45) is -53.3. The monoisotopic (exact) mass is 1020 g/mol. The first-order valence-electron chi connectivity index (χ1n) is 22.5. The summed E-state index contributed by atoms with van der Waals surface area (Å²) < 4.78 is 70.8. The van der Waals surface area contributed by atoms with Crippen LogP contribution in [0.2, 0.25) is 0 Å². The van der Waals surface area contributed by atoms with Gasteiger partial charge in [-0.25, -0.2) is 4.98 Å². The molecule has 31 nitrogen and oxygen atoms in total. The summed E-state index contributed by atoms with van der Waals surface area (Å²) in [6, 6.07) is 0. The van der Waals surface area contributed by atoms with Gasteiger partial charge in [0.15, 0.2) is 37.7 Å². The lowest BCUT2D eigenvalue weighted by Gasteiger charge is -2.50. The quantitative estimate of drug-likeness (QED) is 0.121. The molecule has 1 aromatic rings. The highest BCUT2D eigenvalue weighted by atomic mass is 16.8. The second-order valence-corrected chi connectivity index (χ2v) is 17.9. The second-order valence-electron chi connectivity index (χ2n) is 17.9. The van der Waals surface area contributed by atoms with E-state index in [-0.39, 0.29) is 6.54 Å². The minimum atomic E-state index is -2.14. The minimum Gasteiger partial charge on any atom is -0.394 e. The molecule has 22 saturated heterocycles. The number of hydrogen-bond donors (Lipinski definition) is 17. The van der Waals surface area contributed by atoms with Crippen molar-refractivity contribution in [2.75, 3.05) is 33.0 Å². The number of rotatable bonds is 7. The Morgan fingerprint density at radius 3 is 0.714 bits per heavy atom. The Kier molecular flexibility index (Phi) is 17.8. The van der Waals surface area contributed by atoms with Gasteiger partial charge in [0, 0.05) is 12.4 Å². The van der Waals surface area contributed by atoms with Crippen LogP contribution in [0.3, 0.4) is 0 Å². The lowest BCUT2D eigenvalue weighted by molar-refractivity contribution is -0.403. The van der Waals surface area contributed by atoms with Crippen molar-refractivity contribution in [2.45, 2.75) is 191 Å². The van der Waals surface area contributed by atoms with E-state index in [9.17, 15) is 86.8 Å². The largest absolute Gasteiger partial charge is 0.394 e. The molecule has 30 atom stereocenters. The number of nitrogens with zero attached hydrogens (tertiary/aromatic N) is 2. The molecule has 22 aliphatic rings. The highest BCUT2D eigenvalue weighted by Gasteiger charge is 2.58. The fourth-order valence-electron chi connectivity index (χ4n) is 9.53.